The van der Waals surface area contributed by atoms with Crippen LogP contribution < -0.4 is 19.5 Å². The van der Waals surface area contributed by atoms with Crippen LogP contribution in [0.5, 0.6) is 17.2 Å². The maximum absolute atomic E-state index is 5.65. The average Bonchev–Trinajstić information content (AvgIpc) is 2.46. The van der Waals surface area contributed by atoms with Gasteiger partial charge in [0.2, 0.25) is 5.75 Å². The molecule has 1 N–H and O–H groups in total. The van der Waals surface area contributed by atoms with E-state index in [9.17, 15) is 0 Å². The predicted molar refractivity (Wildman–Crippen MR) is 80.8 cm³/mol. The van der Waals surface area contributed by atoms with Crippen LogP contribution in [-0.4, -0.2) is 32.9 Å². The van der Waals surface area contributed by atoms with Gasteiger partial charge < -0.3 is 19.5 Å². The molecule has 1 unspecified atom stereocenters. The van der Waals surface area contributed by atoms with Gasteiger partial charge in [0.05, 0.1) is 7.11 Å². The van der Waals surface area contributed by atoms with Crippen molar-refractivity contribution in [3.63, 3.8) is 0 Å². The van der Waals surface area contributed by atoms with Gasteiger partial charge in [0.15, 0.2) is 11.5 Å². The van der Waals surface area contributed by atoms with E-state index in [-0.39, 0.29) is 0 Å². The number of methoxy groups -OCH3 is 1. The largest absolute Gasteiger partial charge is 0.493 e. The highest BCUT2D eigenvalue weighted by Crippen LogP contribution is 2.40. The molecule has 1 aliphatic rings. The molecule has 0 amide bonds. The van der Waals surface area contributed by atoms with Crippen molar-refractivity contribution in [2.45, 2.75) is 26.8 Å². The Bertz CT molecular complexity index is 479. The van der Waals surface area contributed by atoms with Crippen LogP contribution in [-0.2, 0) is 0 Å². The molecule has 1 aliphatic heterocycles. The summed E-state index contributed by atoms with van der Waals surface area (Å²) in [6, 6.07) is 4.33. The predicted octanol–water partition coefficient (Wildman–Crippen LogP) is 2.87. The number of rotatable bonds is 5. The lowest BCUT2D eigenvalue weighted by Gasteiger charge is -2.21. The number of benzene rings is 1. The molecule has 0 aliphatic carbocycles. The van der Waals surface area contributed by atoms with Crippen molar-refractivity contribution in [1.29, 1.82) is 0 Å². The highest BCUT2D eigenvalue weighted by atomic mass is 16.6. The number of hydrogen-bond donors (Lipinski definition) is 1. The quantitative estimate of drug-likeness (QED) is 0.898. The van der Waals surface area contributed by atoms with Crippen molar-refractivity contribution in [2.24, 2.45) is 0 Å². The van der Waals surface area contributed by atoms with E-state index in [1.807, 2.05) is 12.1 Å². The van der Waals surface area contributed by atoms with Crippen molar-refractivity contribution in [3.8, 4) is 17.2 Å². The first-order valence-corrected chi connectivity index (χ1v) is 7.05. The molecule has 4 nitrogen and oxygen atoms in total. The van der Waals surface area contributed by atoms with Crippen molar-refractivity contribution >= 4 is 6.08 Å². The first-order valence-electron chi connectivity index (χ1n) is 7.05. The Kier molecular flexibility index (Phi) is 4.90. The van der Waals surface area contributed by atoms with Crippen molar-refractivity contribution in [1.82, 2.24) is 5.32 Å². The van der Waals surface area contributed by atoms with E-state index in [0.717, 1.165) is 23.6 Å². The normalized spacial score (nSPS) is 15.9. The van der Waals surface area contributed by atoms with E-state index in [0.29, 0.717) is 25.0 Å². The molecule has 1 heterocycles. The van der Waals surface area contributed by atoms with Gasteiger partial charge >= 0.3 is 0 Å². The molecule has 0 aromatic heterocycles. The summed E-state index contributed by atoms with van der Waals surface area (Å²) in [4.78, 5) is 0. The van der Waals surface area contributed by atoms with Gasteiger partial charge in [0.25, 0.3) is 0 Å². The second kappa shape index (κ2) is 6.66. The molecule has 110 valence electrons. The Labute approximate surface area is 120 Å². The SMILES string of the molecule is CCNC(C)/C(C)=C/c1cc(OC)c2c(c1)OCCO2. The average molecular weight is 277 g/mol. The van der Waals surface area contributed by atoms with Gasteiger partial charge in [-0.3, -0.25) is 0 Å². The molecular weight excluding hydrogens is 254 g/mol. The first kappa shape index (κ1) is 14.7. The number of fused-ring (bicyclic) bond motifs is 1. The second-order valence-electron chi connectivity index (χ2n) is 4.92. The number of ether oxygens (including phenoxy) is 3. The lowest BCUT2D eigenvalue weighted by molar-refractivity contribution is 0.165. The lowest BCUT2D eigenvalue weighted by atomic mass is 10.1. The monoisotopic (exact) mass is 277 g/mol. The molecule has 0 radical (unpaired) electrons. The fraction of sp³-hybridized carbons (Fsp3) is 0.500. The minimum Gasteiger partial charge on any atom is -0.493 e. The van der Waals surface area contributed by atoms with E-state index in [1.165, 1.54) is 5.57 Å². The van der Waals surface area contributed by atoms with Crippen molar-refractivity contribution in [3.05, 3.63) is 23.3 Å². The minimum absolute atomic E-state index is 0.346. The zero-order valence-electron chi connectivity index (χ0n) is 12.7. The van der Waals surface area contributed by atoms with E-state index < -0.39 is 0 Å². The smallest absolute Gasteiger partial charge is 0.203 e. The Balaban J connectivity index is 2.30. The Morgan fingerprint density at radius 2 is 2.15 bits per heavy atom. The Hall–Kier alpha value is -1.68. The number of hydrogen-bond acceptors (Lipinski definition) is 4. The Morgan fingerprint density at radius 3 is 2.85 bits per heavy atom. The third-order valence-corrected chi connectivity index (χ3v) is 3.44. The summed E-state index contributed by atoms with van der Waals surface area (Å²) in [5.74, 6) is 2.18. The summed E-state index contributed by atoms with van der Waals surface area (Å²) in [7, 11) is 1.65. The lowest BCUT2D eigenvalue weighted by Crippen LogP contribution is -2.26. The number of nitrogens with one attached hydrogen (secondary N) is 1. The standard InChI is InChI=1S/C16H23NO3/c1-5-17-12(3)11(2)8-13-9-14(18-4)16-15(10-13)19-6-7-20-16/h8-10,12,17H,5-7H2,1-4H3/b11-8+. The van der Waals surface area contributed by atoms with Gasteiger partial charge in [-0.25, -0.2) is 0 Å². The third kappa shape index (κ3) is 3.25. The van der Waals surface area contributed by atoms with Gasteiger partial charge in [-0.15, -0.1) is 0 Å². The fourth-order valence-electron chi connectivity index (χ4n) is 2.23. The second-order valence-corrected chi connectivity index (χ2v) is 4.92. The molecule has 0 bridgehead atoms. The van der Waals surface area contributed by atoms with Crippen LogP contribution in [0, 0.1) is 0 Å². The summed E-state index contributed by atoms with van der Waals surface area (Å²) >= 11 is 0. The summed E-state index contributed by atoms with van der Waals surface area (Å²) in [5, 5.41) is 3.40. The van der Waals surface area contributed by atoms with E-state index >= 15 is 0 Å². The molecule has 1 atom stereocenters. The van der Waals surface area contributed by atoms with Crippen LogP contribution in [0.15, 0.2) is 17.7 Å². The molecule has 20 heavy (non-hydrogen) atoms. The van der Waals surface area contributed by atoms with E-state index in [4.69, 9.17) is 14.2 Å². The van der Waals surface area contributed by atoms with Crippen LogP contribution in [0.4, 0.5) is 0 Å². The molecule has 4 heteroatoms. The Morgan fingerprint density at radius 1 is 1.40 bits per heavy atom. The highest BCUT2D eigenvalue weighted by molar-refractivity contribution is 5.64. The summed E-state index contributed by atoms with van der Waals surface area (Å²) in [6.45, 7) is 8.49. The minimum atomic E-state index is 0.346. The molecule has 0 saturated carbocycles. The zero-order valence-corrected chi connectivity index (χ0v) is 12.7. The van der Waals surface area contributed by atoms with Gasteiger partial charge in [-0.2, -0.15) is 0 Å². The van der Waals surface area contributed by atoms with E-state index in [2.05, 4.69) is 32.2 Å². The van der Waals surface area contributed by atoms with Gasteiger partial charge in [-0.05, 0) is 38.1 Å². The van der Waals surface area contributed by atoms with Crippen molar-refractivity contribution < 1.29 is 14.2 Å². The molecular formula is C16H23NO3. The molecule has 0 fully saturated rings. The highest BCUT2D eigenvalue weighted by Gasteiger charge is 2.18. The molecule has 2 rings (SSSR count). The molecule has 1 aromatic rings. The summed E-state index contributed by atoms with van der Waals surface area (Å²) < 4.78 is 16.6. The zero-order chi connectivity index (χ0) is 14.5. The van der Waals surface area contributed by atoms with Crippen LogP contribution >= 0.6 is 0 Å². The van der Waals surface area contributed by atoms with Crippen LogP contribution in [0.3, 0.4) is 0 Å². The fourth-order valence-corrected chi connectivity index (χ4v) is 2.23. The number of likely N-dealkylation sites (N-methyl/N-ethyl adjacent to an activating group) is 1. The third-order valence-electron chi connectivity index (χ3n) is 3.44. The van der Waals surface area contributed by atoms with E-state index in [1.54, 1.807) is 7.11 Å². The molecule has 1 aromatic carbocycles. The van der Waals surface area contributed by atoms with Gasteiger partial charge in [0.1, 0.15) is 13.2 Å². The topological polar surface area (TPSA) is 39.7 Å². The van der Waals surface area contributed by atoms with Crippen LogP contribution in [0.2, 0.25) is 0 Å². The van der Waals surface area contributed by atoms with Crippen molar-refractivity contribution in [2.75, 3.05) is 26.9 Å². The molecule has 0 spiro atoms. The summed E-state index contributed by atoms with van der Waals surface area (Å²) in [5.41, 5.74) is 2.33. The first-order chi connectivity index (χ1) is 9.65. The van der Waals surface area contributed by atoms with Crippen LogP contribution in [0.1, 0.15) is 26.3 Å². The van der Waals surface area contributed by atoms with Crippen LogP contribution in [0.25, 0.3) is 6.08 Å². The molecule has 0 saturated heterocycles. The van der Waals surface area contributed by atoms with Gasteiger partial charge in [0, 0.05) is 6.04 Å². The summed E-state index contributed by atoms with van der Waals surface area (Å²) in [6.07, 6.45) is 2.15. The van der Waals surface area contributed by atoms with Gasteiger partial charge in [-0.1, -0.05) is 18.6 Å². The maximum Gasteiger partial charge on any atom is 0.203 e. The maximum atomic E-state index is 5.65.